The lowest BCUT2D eigenvalue weighted by molar-refractivity contribution is -0.123. The van der Waals surface area contributed by atoms with E-state index < -0.39 is 10.0 Å². The van der Waals surface area contributed by atoms with Gasteiger partial charge in [-0.15, -0.1) is 0 Å². The fraction of sp³-hybridized carbons (Fsp3) is 0.296. The molecule has 0 spiro atoms. The highest BCUT2D eigenvalue weighted by molar-refractivity contribution is 7.92. The Morgan fingerprint density at radius 3 is 2.41 bits per heavy atom. The first-order valence-corrected chi connectivity index (χ1v) is 12.8. The van der Waals surface area contributed by atoms with E-state index in [4.69, 9.17) is 4.74 Å². The fourth-order valence-corrected chi connectivity index (χ4v) is 5.86. The van der Waals surface area contributed by atoms with Crippen LogP contribution in [0.2, 0.25) is 0 Å². The van der Waals surface area contributed by atoms with Crippen molar-refractivity contribution in [1.29, 1.82) is 0 Å². The van der Waals surface area contributed by atoms with E-state index in [2.05, 4.69) is 31.3 Å². The maximum absolute atomic E-state index is 13.1. The molecule has 1 atom stereocenters. The number of anilines is 1. The summed E-state index contributed by atoms with van der Waals surface area (Å²) < 4.78 is 33.3. The Morgan fingerprint density at radius 1 is 1.00 bits per heavy atom. The molecular weight excluding hydrogens is 448 g/mol. The monoisotopic (exact) mass is 478 g/mol. The first-order valence-electron chi connectivity index (χ1n) is 11.4. The molecule has 178 valence electrons. The molecule has 0 aromatic heterocycles. The number of fused-ring (bicyclic) bond motifs is 1. The van der Waals surface area contributed by atoms with Gasteiger partial charge in [-0.25, -0.2) is 8.42 Å². The fourth-order valence-electron chi connectivity index (χ4n) is 4.35. The maximum atomic E-state index is 13.1. The molecule has 1 aliphatic rings. The van der Waals surface area contributed by atoms with E-state index in [9.17, 15) is 13.2 Å². The second-order valence-electron chi connectivity index (χ2n) is 8.80. The number of carbonyl (C=O) groups excluding carboxylic acids is 1. The number of amides is 1. The lowest BCUT2D eigenvalue weighted by Crippen LogP contribution is -2.31. The molecule has 7 heteroatoms. The van der Waals surface area contributed by atoms with Crippen LogP contribution in [0.25, 0.3) is 0 Å². The molecule has 0 bridgehead atoms. The molecule has 4 rings (SSSR count). The van der Waals surface area contributed by atoms with Gasteiger partial charge in [-0.3, -0.25) is 9.10 Å². The normalized spacial score (nSPS) is 13.9. The third-order valence-corrected chi connectivity index (χ3v) is 8.18. The summed E-state index contributed by atoms with van der Waals surface area (Å²) in [5.41, 5.74) is 6.38. The van der Waals surface area contributed by atoms with Gasteiger partial charge in [0.15, 0.2) is 6.61 Å². The number of rotatable bonds is 7. The smallest absolute Gasteiger partial charge is 0.264 e. The Bertz CT molecular complexity index is 1320. The van der Waals surface area contributed by atoms with Crippen LogP contribution in [0.1, 0.15) is 40.8 Å². The number of benzene rings is 3. The van der Waals surface area contributed by atoms with Gasteiger partial charge in [-0.2, -0.15) is 0 Å². The number of nitrogens with zero attached hydrogens (tertiary/aromatic N) is 1. The molecule has 1 unspecified atom stereocenters. The van der Waals surface area contributed by atoms with Crippen molar-refractivity contribution in [3.63, 3.8) is 0 Å². The molecule has 3 aromatic carbocycles. The van der Waals surface area contributed by atoms with Gasteiger partial charge in [0.25, 0.3) is 15.9 Å². The summed E-state index contributed by atoms with van der Waals surface area (Å²) in [6, 6.07) is 17.8. The molecule has 1 heterocycles. The molecular formula is C27H30N2O4S. The topological polar surface area (TPSA) is 75.7 Å². The van der Waals surface area contributed by atoms with E-state index in [1.165, 1.54) is 27.6 Å². The van der Waals surface area contributed by atoms with Gasteiger partial charge in [0, 0.05) is 6.54 Å². The number of nitrogens with one attached hydrogen (secondary N) is 1. The van der Waals surface area contributed by atoms with Gasteiger partial charge < -0.3 is 10.1 Å². The molecule has 1 amide bonds. The largest absolute Gasteiger partial charge is 0.484 e. The summed E-state index contributed by atoms with van der Waals surface area (Å²) in [6.07, 6.45) is 0.700. The quantitative estimate of drug-likeness (QED) is 0.538. The summed E-state index contributed by atoms with van der Waals surface area (Å²) in [5, 5.41) is 2.97. The van der Waals surface area contributed by atoms with Gasteiger partial charge >= 0.3 is 0 Å². The average Bonchev–Trinajstić information content (AvgIpc) is 3.25. The van der Waals surface area contributed by atoms with Crippen molar-refractivity contribution in [2.75, 3.05) is 17.5 Å². The average molecular weight is 479 g/mol. The first-order chi connectivity index (χ1) is 16.2. The minimum atomic E-state index is -3.66. The molecule has 3 aromatic rings. The highest BCUT2D eigenvalue weighted by atomic mass is 32.2. The number of sulfonamides is 1. The summed E-state index contributed by atoms with van der Waals surface area (Å²) in [4.78, 5) is 12.6. The van der Waals surface area contributed by atoms with Crippen LogP contribution in [0.3, 0.4) is 0 Å². The molecule has 1 aliphatic heterocycles. The van der Waals surface area contributed by atoms with Crippen molar-refractivity contribution in [3.05, 3.63) is 88.5 Å². The SMILES string of the molecule is Cc1cc(C)c(C(C)NC(=O)COc2ccc(S(=O)(=O)N3CCc4ccccc43)cc2)cc1C. The van der Waals surface area contributed by atoms with Crippen molar-refractivity contribution in [1.82, 2.24) is 5.32 Å². The van der Waals surface area contributed by atoms with Crippen LogP contribution in [-0.4, -0.2) is 27.5 Å². The van der Waals surface area contributed by atoms with Crippen molar-refractivity contribution in [2.45, 2.75) is 45.1 Å². The predicted molar refractivity (Wildman–Crippen MR) is 134 cm³/mol. The molecule has 0 radical (unpaired) electrons. The van der Waals surface area contributed by atoms with E-state index in [1.807, 2.05) is 38.1 Å². The summed E-state index contributed by atoms with van der Waals surface area (Å²) in [5.74, 6) is 0.196. The second kappa shape index (κ2) is 9.50. The molecule has 0 saturated heterocycles. The molecule has 0 fully saturated rings. The number of ether oxygens (including phenoxy) is 1. The molecule has 0 aliphatic carbocycles. The number of para-hydroxylation sites is 1. The van der Waals surface area contributed by atoms with Gasteiger partial charge in [0.2, 0.25) is 0 Å². The zero-order chi connectivity index (χ0) is 24.5. The van der Waals surface area contributed by atoms with Crippen molar-refractivity contribution in [3.8, 4) is 5.75 Å². The third kappa shape index (κ3) is 4.80. The molecule has 34 heavy (non-hydrogen) atoms. The Balaban J connectivity index is 1.37. The van der Waals surface area contributed by atoms with Crippen LogP contribution < -0.4 is 14.4 Å². The van der Waals surface area contributed by atoms with Crippen LogP contribution in [-0.2, 0) is 21.2 Å². The Kier molecular flexibility index (Phi) is 6.66. The van der Waals surface area contributed by atoms with E-state index in [0.29, 0.717) is 18.7 Å². The van der Waals surface area contributed by atoms with Crippen LogP contribution >= 0.6 is 0 Å². The Morgan fingerprint density at radius 2 is 1.68 bits per heavy atom. The number of hydrogen-bond acceptors (Lipinski definition) is 4. The summed E-state index contributed by atoms with van der Waals surface area (Å²) in [6.45, 7) is 8.40. The van der Waals surface area contributed by atoms with Gasteiger partial charge in [-0.05, 0) is 92.3 Å². The van der Waals surface area contributed by atoms with Gasteiger partial charge in [0.1, 0.15) is 5.75 Å². The van der Waals surface area contributed by atoms with E-state index in [0.717, 1.165) is 22.4 Å². The van der Waals surface area contributed by atoms with E-state index in [-0.39, 0.29) is 23.5 Å². The number of aryl methyl sites for hydroxylation is 3. The Hall–Kier alpha value is -3.32. The van der Waals surface area contributed by atoms with Crippen LogP contribution in [0.4, 0.5) is 5.69 Å². The molecule has 0 saturated carbocycles. The highest BCUT2D eigenvalue weighted by Gasteiger charge is 2.30. The van der Waals surface area contributed by atoms with Crippen LogP contribution in [0, 0.1) is 20.8 Å². The van der Waals surface area contributed by atoms with E-state index in [1.54, 1.807) is 12.1 Å². The highest BCUT2D eigenvalue weighted by Crippen LogP contribution is 2.33. The van der Waals surface area contributed by atoms with Crippen LogP contribution in [0.5, 0.6) is 5.75 Å². The van der Waals surface area contributed by atoms with E-state index >= 15 is 0 Å². The molecule has 1 N–H and O–H groups in total. The summed E-state index contributed by atoms with van der Waals surface area (Å²) in [7, 11) is -3.66. The first kappa shape index (κ1) is 23.8. The van der Waals surface area contributed by atoms with Crippen molar-refractivity contribution in [2.24, 2.45) is 0 Å². The van der Waals surface area contributed by atoms with Gasteiger partial charge in [0.05, 0.1) is 16.6 Å². The molecule has 6 nitrogen and oxygen atoms in total. The number of hydrogen-bond donors (Lipinski definition) is 1. The number of carbonyl (C=O) groups is 1. The zero-order valence-electron chi connectivity index (χ0n) is 20.0. The third-order valence-electron chi connectivity index (χ3n) is 6.35. The summed E-state index contributed by atoms with van der Waals surface area (Å²) >= 11 is 0. The minimum absolute atomic E-state index is 0.147. The lowest BCUT2D eigenvalue weighted by atomic mass is 9.96. The lowest BCUT2D eigenvalue weighted by Gasteiger charge is -2.20. The maximum Gasteiger partial charge on any atom is 0.264 e. The standard InChI is InChI=1S/C27H30N2O4S/c1-18-15-20(3)25(16-19(18)2)21(4)28-27(30)17-33-23-9-11-24(12-10-23)34(31,32)29-14-13-22-7-5-6-8-26(22)29/h5-12,15-16,21H,13-14,17H2,1-4H3,(H,28,30). The predicted octanol–water partition coefficient (Wildman–Crippen LogP) is 4.62. The van der Waals surface area contributed by atoms with Crippen molar-refractivity contribution >= 4 is 21.6 Å². The Labute approximate surface area is 201 Å². The zero-order valence-corrected chi connectivity index (χ0v) is 20.8. The van der Waals surface area contributed by atoms with Crippen molar-refractivity contribution < 1.29 is 17.9 Å². The van der Waals surface area contributed by atoms with Gasteiger partial charge in [-0.1, -0.05) is 30.3 Å². The second-order valence-corrected chi connectivity index (χ2v) is 10.7. The van der Waals surface area contributed by atoms with Crippen LogP contribution in [0.15, 0.2) is 65.6 Å². The minimum Gasteiger partial charge on any atom is -0.484 e.